The molecule has 0 aliphatic heterocycles. The second-order valence-corrected chi connectivity index (χ2v) is 5.12. The molecule has 4 nitrogen and oxygen atoms in total. The lowest BCUT2D eigenvalue weighted by atomic mass is 10.1. The molecule has 1 N–H and O–H groups in total. The van der Waals surface area contributed by atoms with Crippen LogP contribution in [-0.4, -0.2) is 26.2 Å². The molecular weight excluding hydrogens is 278 g/mol. The van der Waals surface area contributed by atoms with E-state index in [9.17, 15) is 4.79 Å². The maximum atomic E-state index is 11.9. The predicted octanol–water partition coefficient (Wildman–Crippen LogP) is 3.12. The highest BCUT2D eigenvalue weighted by atomic mass is 16.5. The molecule has 0 aliphatic rings. The summed E-state index contributed by atoms with van der Waals surface area (Å²) in [5, 5.41) is 2.83. The molecule has 0 bridgehead atoms. The summed E-state index contributed by atoms with van der Waals surface area (Å²) in [5.74, 6) is 1.28. The molecular formula is C18H21NO3. The minimum absolute atomic E-state index is 0.0977. The van der Waals surface area contributed by atoms with Crippen LogP contribution in [0.5, 0.6) is 11.5 Å². The predicted molar refractivity (Wildman–Crippen MR) is 86.7 cm³/mol. The molecule has 2 aromatic rings. The van der Waals surface area contributed by atoms with Gasteiger partial charge in [0.15, 0.2) is 11.5 Å². The van der Waals surface area contributed by atoms with E-state index >= 15 is 0 Å². The zero-order chi connectivity index (χ0) is 15.9. The summed E-state index contributed by atoms with van der Waals surface area (Å²) < 4.78 is 10.9. The van der Waals surface area contributed by atoms with Gasteiger partial charge in [0.25, 0.3) is 5.91 Å². The first-order chi connectivity index (χ1) is 10.6. The maximum Gasteiger partial charge on any atom is 0.251 e. The minimum atomic E-state index is -0.0977. The van der Waals surface area contributed by atoms with Gasteiger partial charge in [-0.2, -0.15) is 0 Å². The third kappa shape index (κ3) is 4.25. The van der Waals surface area contributed by atoms with Crippen molar-refractivity contribution in [2.24, 2.45) is 0 Å². The Balaban J connectivity index is 1.82. The first-order valence-electron chi connectivity index (χ1n) is 7.22. The van der Waals surface area contributed by atoms with Crippen LogP contribution in [0.1, 0.15) is 21.5 Å². The Morgan fingerprint density at radius 1 is 1.00 bits per heavy atom. The van der Waals surface area contributed by atoms with E-state index in [-0.39, 0.29) is 5.91 Å². The van der Waals surface area contributed by atoms with Crippen molar-refractivity contribution in [2.75, 3.05) is 20.3 Å². The molecule has 0 heterocycles. The number of amides is 1. The highest BCUT2D eigenvalue weighted by Gasteiger charge is 2.06. The fourth-order valence-electron chi connectivity index (χ4n) is 2.03. The molecule has 0 atom stereocenters. The number of ether oxygens (including phenoxy) is 2. The molecule has 22 heavy (non-hydrogen) atoms. The van der Waals surface area contributed by atoms with E-state index < -0.39 is 0 Å². The van der Waals surface area contributed by atoms with Gasteiger partial charge in [0.05, 0.1) is 13.7 Å². The molecule has 0 spiro atoms. The van der Waals surface area contributed by atoms with E-state index in [1.54, 1.807) is 7.11 Å². The quantitative estimate of drug-likeness (QED) is 0.834. The standard InChI is InChI=1S/C18H21NO3/c1-13-4-7-15(8-5-13)18(20)19-10-11-22-16-9-6-14(2)12-17(16)21-3/h4-9,12H,10-11H2,1-3H3,(H,19,20). The van der Waals surface area contributed by atoms with Gasteiger partial charge in [0.1, 0.15) is 6.61 Å². The third-order valence-electron chi connectivity index (χ3n) is 3.28. The molecule has 0 saturated heterocycles. The van der Waals surface area contributed by atoms with Crippen LogP contribution in [-0.2, 0) is 0 Å². The molecule has 0 radical (unpaired) electrons. The van der Waals surface area contributed by atoms with Crippen LogP contribution >= 0.6 is 0 Å². The average molecular weight is 299 g/mol. The summed E-state index contributed by atoms with van der Waals surface area (Å²) in [5.41, 5.74) is 2.89. The Labute approximate surface area is 131 Å². The van der Waals surface area contributed by atoms with Crippen LogP contribution < -0.4 is 14.8 Å². The Kier molecular flexibility index (Phi) is 5.42. The van der Waals surface area contributed by atoms with Gasteiger partial charge in [-0.25, -0.2) is 0 Å². The van der Waals surface area contributed by atoms with Gasteiger partial charge in [0, 0.05) is 5.56 Å². The maximum absolute atomic E-state index is 11.9. The van der Waals surface area contributed by atoms with Gasteiger partial charge < -0.3 is 14.8 Å². The summed E-state index contributed by atoms with van der Waals surface area (Å²) in [6.07, 6.45) is 0. The highest BCUT2D eigenvalue weighted by Crippen LogP contribution is 2.27. The Morgan fingerprint density at radius 2 is 1.68 bits per heavy atom. The van der Waals surface area contributed by atoms with E-state index in [0.717, 1.165) is 11.1 Å². The smallest absolute Gasteiger partial charge is 0.251 e. The van der Waals surface area contributed by atoms with Crippen molar-refractivity contribution in [3.05, 3.63) is 59.2 Å². The molecule has 2 rings (SSSR count). The van der Waals surface area contributed by atoms with Gasteiger partial charge in [-0.15, -0.1) is 0 Å². The fourth-order valence-corrected chi connectivity index (χ4v) is 2.03. The van der Waals surface area contributed by atoms with Crippen molar-refractivity contribution in [2.45, 2.75) is 13.8 Å². The first-order valence-corrected chi connectivity index (χ1v) is 7.22. The van der Waals surface area contributed by atoms with Crippen molar-refractivity contribution in [3.8, 4) is 11.5 Å². The lowest BCUT2D eigenvalue weighted by Crippen LogP contribution is -2.28. The lowest BCUT2D eigenvalue weighted by Gasteiger charge is -2.11. The van der Waals surface area contributed by atoms with Crippen molar-refractivity contribution < 1.29 is 14.3 Å². The monoisotopic (exact) mass is 299 g/mol. The highest BCUT2D eigenvalue weighted by molar-refractivity contribution is 5.94. The number of benzene rings is 2. The molecule has 0 aromatic heterocycles. The van der Waals surface area contributed by atoms with E-state index in [4.69, 9.17) is 9.47 Å². The Hall–Kier alpha value is -2.49. The number of hydrogen-bond acceptors (Lipinski definition) is 3. The molecule has 116 valence electrons. The van der Waals surface area contributed by atoms with E-state index in [1.807, 2.05) is 56.3 Å². The number of rotatable bonds is 6. The van der Waals surface area contributed by atoms with Crippen LogP contribution in [0.2, 0.25) is 0 Å². The van der Waals surface area contributed by atoms with Gasteiger partial charge in [-0.05, 0) is 43.7 Å². The van der Waals surface area contributed by atoms with E-state index in [0.29, 0.717) is 30.2 Å². The van der Waals surface area contributed by atoms with Crippen LogP contribution in [0.15, 0.2) is 42.5 Å². The summed E-state index contributed by atoms with van der Waals surface area (Å²) in [6.45, 7) is 4.80. The van der Waals surface area contributed by atoms with Crippen LogP contribution in [0.25, 0.3) is 0 Å². The van der Waals surface area contributed by atoms with E-state index in [2.05, 4.69) is 5.32 Å². The summed E-state index contributed by atoms with van der Waals surface area (Å²) in [4.78, 5) is 11.9. The molecule has 0 aliphatic carbocycles. The number of methoxy groups -OCH3 is 1. The number of aryl methyl sites for hydroxylation is 2. The summed E-state index contributed by atoms with van der Waals surface area (Å²) >= 11 is 0. The third-order valence-corrected chi connectivity index (χ3v) is 3.28. The summed E-state index contributed by atoms with van der Waals surface area (Å²) in [6, 6.07) is 13.2. The van der Waals surface area contributed by atoms with Crippen LogP contribution in [0.3, 0.4) is 0 Å². The fraction of sp³-hybridized carbons (Fsp3) is 0.278. The SMILES string of the molecule is COc1cc(C)ccc1OCCNC(=O)c1ccc(C)cc1. The largest absolute Gasteiger partial charge is 0.493 e. The average Bonchev–Trinajstić information content (AvgIpc) is 2.53. The zero-order valence-electron chi connectivity index (χ0n) is 13.2. The Morgan fingerprint density at radius 3 is 2.36 bits per heavy atom. The molecule has 1 amide bonds. The van der Waals surface area contributed by atoms with Gasteiger partial charge in [0.2, 0.25) is 0 Å². The zero-order valence-corrected chi connectivity index (χ0v) is 13.2. The second-order valence-electron chi connectivity index (χ2n) is 5.12. The molecule has 0 fully saturated rings. The lowest BCUT2D eigenvalue weighted by molar-refractivity contribution is 0.0947. The van der Waals surface area contributed by atoms with Gasteiger partial charge in [-0.3, -0.25) is 4.79 Å². The molecule has 4 heteroatoms. The van der Waals surface area contributed by atoms with Gasteiger partial charge >= 0.3 is 0 Å². The first kappa shape index (κ1) is 15.9. The molecule has 2 aromatic carbocycles. The number of carbonyl (C=O) groups excluding carboxylic acids is 1. The van der Waals surface area contributed by atoms with E-state index in [1.165, 1.54) is 0 Å². The van der Waals surface area contributed by atoms with Crippen molar-refractivity contribution in [3.63, 3.8) is 0 Å². The second kappa shape index (κ2) is 7.50. The number of carbonyl (C=O) groups is 1. The minimum Gasteiger partial charge on any atom is -0.493 e. The van der Waals surface area contributed by atoms with Gasteiger partial charge in [-0.1, -0.05) is 23.8 Å². The topological polar surface area (TPSA) is 47.6 Å². The van der Waals surface area contributed by atoms with Crippen LogP contribution in [0.4, 0.5) is 0 Å². The summed E-state index contributed by atoms with van der Waals surface area (Å²) in [7, 11) is 1.61. The molecule has 0 unspecified atom stereocenters. The normalized spacial score (nSPS) is 10.1. The van der Waals surface area contributed by atoms with Crippen LogP contribution in [0, 0.1) is 13.8 Å². The van der Waals surface area contributed by atoms with Crippen molar-refractivity contribution in [1.29, 1.82) is 0 Å². The molecule has 0 saturated carbocycles. The van der Waals surface area contributed by atoms with Crippen molar-refractivity contribution >= 4 is 5.91 Å². The van der Waals surface area contributed by atoms with Crippen molar-refractivity contribution in [1.82, 2.24) is 5.32 Å². The number of nitrogens with one attached hydrogen (secondary N) is 1. The Bertz CT molecular complexity index is 635. The number of hydrogen-bond donors (Lipinski definition) is 1.